The van der Waals surface area contributed by atoms with Gasteiger partial charge in [0, 0.05) is 12.6 Å². The molecular formula is C11H14BrN3O2. The molecule has 0 fully saturated rings. The Morgan fingerprint density at radius 3 is 3.06 bits per heavy atom. The van der Waals surface area contributed by atoms with Crippen molar-refractivity contribution in [2.75, 3.05) is 11.9 Å². The normalized spacial score (nSPS) is 11.9. The van der Waals surface area contributed by atoms with E-state index in [9.17, 15) is 4.79 Å². The zero-order valence-electron chi connectivity index (χ0n) is 9.48. The third-order valence-corrected chi connectivity index (χ3v) is 2.96. The van der Waals surface area contributed by atoms with Gasteiger partial charge in [-0.3, -0.25) is 4.79 Å². The van der Waals surface area contributed by atoms with Gasteiger partial charge in [-0.2, -0.15) is 5.10 Å². The standard InChI is InChI=1S/C11H14BrN3O2/c1-3-5-15-11(17)10(12)9(7-13-15)14-8(2)4-6-16/h1,7-8,14,16H,4-6H2,2H3. The lowest BCUT2D eigenvalue weighted by Crippen LogP contribution is -2.26. The predicted octanol–water partition coefficient (Wildman–Crippen LogP) is 0.822. The Morgan fingerprint density at radius 1 is 1.76 bits per heavy atom. The molecule has 1 heterocycles. The van der Waals surface area contributed by atoms with Gasteiger partial charge in [-0.1, -0.05) is 5.92 Å². The molecule has 1 aromatic rings. The van der Waals surface area contributed by atoms with Gasteiger partial charge >= 0.3 is 0 Å². The SMILES string of the molecule is C#CCn1ncc(NC(C)CCO)c(Br)c1=O. The largest absolute Gasteiger partial charge is 0.396 e. The molecule has 5 nitrogen and oxygen atoms in total. The molecular weight excluding hydrogens is 286 g/mol. The summed E-state index contributed by atoms with van der Waals surface area (Å²) >= 11 is 3.21. The summed E-state index contributed by atoms with van der Waals surface area (Å²) in [4.78, 5) is 11.8. The van der Waals surface area contributed by atoms with Gasteiger partial charge in [0.2, 0.25) is 0 Å². The quantitative estimate of drug-likeness (QED) is 0.790. The fourth-order valence-electron chi connectivity index (χ4n) is 1.30. The van der Waals surface area contributed by atoms with Crippen LogP contribution in [0.2, 0.25) is 0 Å². The third kappa shape index (κ3) is 3.58. The Morgan fingerprint density at radius 2 is 2.47 bits per heavy atom. The first kappa shape index (κ1) is 13.7. The number of nitrogens with zero attached hydrogens (tertiary/aromatic N) is 2. The van der Waals surface area contributed by atoms with Gasteiger partial charge in [0.1, 0.15) is 11.0 Å². The van der Waals surface area contributed by atoms with Crippen LogP contribution in [0.3, 0.4) is 0 Å². The Labute approximate surface area is 108 Å². The summed E-state index contributed by atoms with van der Waals surface area (Å²) in [6.45, 7) is 2.15. The lowest BCUT2D eigenvalue weighted by atomic mass is 10.2. The van der Waals surface area contributed by atoms with Crippen LogP contribution in [-0.4, -0.2) is 27.5 Å². The summed E-state index contributed by atoms with van der Waals surface area (Å²) in [5.74, 6) is 2.36. The Balaban J connectivity index is 2.93. The van der Waals surface area contributed by atoms with Crippen molar-refractivity contribution < 1.29 is 5.11 Å². The molecule has 0 aromatic carbocycles. The van der Waals surface area contributed by atoms with Crippen molar-refractivity contribution in [1.82, 2.24) is 9.78 Å². The van der Waals surface area contributed by atoms with E-state index in [1.807, 2.05) is 6.92 Å². The smallest absolute Gasteiger partial charge is 0.284 e. The lowest BCUT2D eigenvalue weighted by molar-refractivity contribution is 0.282. The summed E-state index contributed by atoms with van der Waals surface area (Å²) in [7, 11) is 0. The van der Waals surface area contributed by atoms with Crippen molar-refractivity contribution in [1.29, 1.82) is 0 Å². The molecule has 0 amide bonds. The highest BCUT2D eigenvalue weighted by Gasteiger charge is 2.10. The molecule has 0 bridgehead atoms. The second kappa shape index (κ2) is 6.42. The molecule has 0 radical (unpaired) electrons. The molecule has 1 unspecified atom stereocenters. The van der Waals surface area contributed by atoms with Crippen LogP contribution in [0.25, 0.3) is 0 Å². The number of aliphatic hydroxyl groups is 1. The van der Waals surface area contributed by atoms with Crippen LogP contribution in [0.1, 0.15) is 13.3 Å². The Bertz CT molecular complexity index is 479. The first-order valence-corrected chi connectivity index (χ1v) is 5.96. The van der Waals surface area contributed by atoms with E-state index >= 15 is 0 Å². The topological polar surface area (TPSA) is 67.2 Å². The molecule has 0 aliphatic rings. The van der Waals surface area contributed by atoms with Gasteiger partial charge in [-0.15, -0.1) is 6.42 Å². The van der Waals surface area contributed by atoms with E-state index in [4.69, 9.17) is 11.5 Å². The van der Waals surface area contributed by atoms with Crippen LogP contribution >= 0.6 is 15.9 Å². The Hall–Kier alpha value is -1.32. The average molecular weight is 300 g/mol. The van der Waals surface area contributed by atoms with E-state index in [0.29, 0.717) is 16.6 Å². The summed E-state index contributed by atoms with van der Waals surface area (Å²) in [5.41, 5.74) is 0.327. The number of anilines is 1. The number of hydrogen-bond donors (Lipinski definition) is 2. The number of aliphatic hydroxyl groups excluding tert-OH is 1. The van der Waals surface area contributed by atoms with Gasteiger partial charge in [0.25, 0.3) is 5.56 Å². The van der Waals surface area contributed by atoms with Gasteiger partial charge in [-0.25, -0.2) is 4.68 Å². The van der Waals surface area contributed by atoms with Crippen molar-refractivity contribution >= 4 is 21.6 Å². The molecule has 0 aliphatic heterocycles. The molecule has 0 saturated carbocycles. The summed E-state index contributed by atoms with van der Waals surface area (Å²) in [5, 5.41) is 15.8. The lowest BCUT2D eigenvalue weighted by Gasteiger charge is -2.15. The summed E-state index contributed by atoms with van der Waals surface area (Å²) in [6.07, 6.45) is 7.26. The highest BCUT2D eigenvalue weighted by atomic mass is 79.9. The molecule has 17 heavy (non-hydrogen) atoms. The number of rotatable bonds is 5. The highest BCUT2D eigenvalue weighted by Crippen LogP contribution is 2.17. The van der Waals surface area contributed by atoms with E-state index in [1.54, 1.807) is 0 Å². The van der Waals surface area contributed by atoms with Crippen LogP contribution in [0.4, 0.5) is 5.69 Å². The molecule has 0 spiro atoms. The summed E-state index contributed by atoms with van der Waals surface area (Å²) < 4.78 is 1.60. The number of aromatic nitrogens is 2. The molecule has 1 rings (SSSR count). The van der Waals surface area contributed by atoms with Crippen molar-refractivity contribution in [2.45, 2.75) is 25.9 Å². The zero-order valence-corrected chi connectivity index (χ0v) is 11.1. The van der Waals surface area contributed by atoms with Crippen molar-refractivity contribution in [3.8, 4) is 12.3 Å². The zero-order chi connectivity index (χ0) is 12.8. The predicted molar refractivity (Wildman–Crippen MR) is 69.8 cm³/mol. The molecule has 6 heteroatoms. The maximum Gasteiger partial charge on any atom is 0.284 e. The van der Waals surface area contributed by atoms with Crippen molar-refractivity contribution in [3.05, 3.63) is 21.0 Å². The van der Waals surface area contributed by atoms with E-state index < -0.39 is 0 Å². The number of hydrogen-bond acceptors (Lipinski definition) is 4. The van der Waals surface area contributed by atoms with Crippen LogP contribution in [0.5, 0.6) is 0 Å². The monoisotopic (exact) mass is 299 g/mol. The number of nitrogens with one attached hydrogen (secondary N) is 1. The molecule has 0 aliphatic carbocycles. The first-order valence-electron chi connectivity index (χ1n) is 5.16. The third-order valence-electron chi connectivity index (χ3n) is 2.19. The van der Waals surface area contributed by atoms with E-state index in [2.05, 4.69) is 32.3 Å². The maximum absolute atomic E-state index is 11.8. The fourth-order valence-corrected chi connectivity index (χ4v) is 1.72. The summed E-state index contributed by atoms with van der Waals surface area (Å²) in [6, 6.07) is 0.0565. The van der Waals surface area contributed by atoms with Crippen molar-refractivity contribution in [3.63, 3.8) is 0 Å². The molecule has 92 valence electrons. The van der Waals surface area contributed by atoms with E-state index in [1.165, 1.54) is 10.9 Å². The van der Waals surface area contributed by atoms with Crippen LogP contribution < -0.4 is 10.9 Å². The van der Waals surface area contributed by atoms with E-state index in [-0.39, 0.29) is 24.8 Å². The number of terminal acetylenes is 1. The maximum atomic E-state index is 11.8. The first-order chi connectivity index (χ1) is 8.10. The highest BCUT2D eigenvalue weighted by molar-refractivity contribution is 9.10. The van der Waals surface area contributed by atoms with Gasteiger partial charge < -0.3 is 10.4 Å². The molecule has 0 saturated heterocycles. The number of halogens is 1. The Kier molecular flexibility index (Phi) is 5.19. The minimum atomic E-state index is -0.274. The van der Waals surface area contributed by atoms with Gasteiger partial charge in [0.15, 0.2) is 0 Å². The minimum Gasteiger partial charge on any atom is -0.396 e. The van der Waals surface area contributed by atoms with E-state index in [0.717, 1.165) is 0 Å². The van der Waals surface area contributed by atoms with Gasteiger partial charge in [0.05, 0.1) is 11.9 Å². The molecule has 1 atom stereocenters. The van der Waals surface area contributed by atoms with Crippen LogP contribution in [0.15, 0.2) is 15.5 Å². The fraction of sp³-hybridized carbons (Fsp3) is 0.455. The molecule has 1 aromatic heterocycles. The minimum absolute atomic E-state index is 0.0565. The second-order valence-corrected chi connectivity index (χ2v) is 4.39. The van der Waals surface area contributed by atoms with Crippen molar-refractivity contribution in [2.24, 2.45) is 0 Å². The molecule has 2 N–H and O–H groups in total. The van der Waals surface area contributed by atoms with Crippen LogP contribution in [-0.2, 0) is 6.54 Å². The van der Waals surface area contributed by atoms with Crippen LogP contribution in [0, 0.1) is 12.3 Å². The second-order valence-electron chi connectivity index (χ2n) is 3.60. The average Bonchev–Trinajstić information content (AvgIpc) is 2.29. The van der Waals surface area contributed by atoms with Gasteiger partial charge in [-0.05, 0) is 29.3 Å².